The Balaban J connectivity index is 2.21. The van der Waals surface area contributed by atoms with Gasteiger partial charge in [0, 0.05) is 33.4 Å². The minimum absolute atomic E-state index is 0.0745. The van der Waals surface area contributed by atoms with Crippen LogP contribution in [0.3, 0.4) is 0 Å². The number of hydrogen-bond donors (Lipinski definition) is 2. The third-order valence-corrected chi connectivity index (χ3v) is 6.27. The van der Waals surface area contributed by atoms with E-state index >= 15 is 0 Å². The van der Waals surface area contributed by atoms with Crippen LogP contribution < -0.4 is 10.2 Å². The largest absolute Gasteiger partial charge is 0.451 e. The molecule has 0 bridgehead atoms. The van der Waals surface area contributed by atoms with Gasteiger partial charge in [-0.15, -0.1) is 0 Å². The minimum atomic E-state index is -3.68. The van der Waals surface area contributed by atoms with Crippen LogP contribution in [0.25, 0.3) is 0 Å². The number of nitrogens with one attached hydrogen (secondary N) is 2. The third-order valence-electron chi connectivity index (χ3n) is 4.22. The van der Waals surface area contributed by atoms with Crippen molar-refractivity contribution in [3.8, 4) is 0 Å². The lowest BCUT2D eigenvalue weighted by molar-refractivity contribution is -0.119. The second-order valence-electron chi connectivity index (χ2n) is 6.37. The molecule has 0 unspecified atom stereocenters. The summed E-state index contributed by atoms with van der Waals surface area (Å²) in [6.45, 7) is 3.69. The van der Waals surface area contributed by atoms with Crippen molar-refractivity contribution < 1.29 is 22.7 Å². The van der Waals surface area contributed by atoms with E-state index in [1.165, 1.54) is 22.5 Å². The number of anilines is 2. The van der Waals surface area contributed by atoms with Gasteiger partial charge in [0.25, 0.3) is 5.91 Å². The first-order chi connectivity index (χ1) is 13.7. The molecular formula is C19H26N4O5S. The molecule has 10 heteroatoms. The van der Waals surface area contributed by atoms with E-state index in [0.29, 0.717) is 24.5 Å². The molecule has 2 rings (SSSR count). The second-order valence-corrected chi connectivity index (χ2v) is 8.31. The van der Waals surface area contributed by atoms with Crippen LogP contribution in [-0.4, -0.2) is 63.4 Å². The number of rotatable bonds is 9. The van der Waals surface area contributed by atoms with Crippen LogP contribution in [0.5, 0.6) is 0 Å². The molecule has 0 saturated carbocycles. The van der Waals surface area contributed by atoms with Gasteiger partial charge in [0.15, 0.2) is 6.61 Å². The van der Waals surface area contributed by atoms with Gasteiger partial charge in [0.1, 0.15) is 5.69 Å². The Morgan fingerprint density at radius 3 is 2.38 bits per heavy atom. The molecule has 0 fully saturated rings. The van der Waals surface area contributed by atoms with E-state index in [1.54, 1.807) is 51.2 Å². The van der Waals surface area contributed by atoms with Crippen LogP contribution in [0.4, 0.5) is 11.4 Å². The molecule has 0 aliphatic heterocycles. The number of nitrogens with zero attached hydrogens (tertiary/aromatic N) is 2. The summed E-state index contributed by atoms with van der Waals surface area (Å²) in [4.78, 5) is 28.6. The molecule has 1 aromatic carbocycles. The molecule has 1 aromatic heterocycles. The Kier molecular flexibility index (Phi) is 7.40. The SMILES string of the molecule is CCN(CC)S(=O)(=O)c1ccc(N(C)C)c(NC(=O)COC(=O)c2ccc[nH]2)c1. The fourth-order valence-electron chi connectivity index (χ4n) is 2.73. The van der Waals surface area contributed by atoms with E-state index in [0.717, 1.165) is 0 Å². The predicted molar refractivity (Wildman–Crippen MR) is 111 cm³/mol. The van der Waals surface area contributed by atoms with E-state index in [1.807, 2.05) is 0 Å². The molecule has 9 nitrogen and oxygen atoms in total. The van der Waals surface area contributed by atoms with Crippen LogP contribution in [0.15, 0.2) is 41.4 Å². The number of carbonyl (C=O) groups excluding carboxylic acids is 2. The smallest absolute Gasteiger partial charge is 0.355 e. The summed E-state index contributed by atoms with van der Waals surface area (Å²) in [5.41, 5.74) is 1.16. The summed E-state index contributed by atoms with van der Waals surface area (Å²) in [5, 5.41) is 2.63. The molecule has 0 aliphatic carbocycles. The fraction of sp³-hybridized carbons (Fsp3) is 0.368. The number of aromatic amines is 1. The zero-order valence-electron chi connectivity index (χ0n) is 16.9. The highest BCUT2D eigenvalue weighted by atomic mass is 32.2. The summed E-state index contributed by atoms with van der Waals surface area (Å²) >= 11 is 0. The number of carbonyl (C=O) groups is 2. The Morgan fingerprint density at radius 1 is 1.14 bits per heavy atom. The Morgan fingerprint density at radius 2 is 1.83 bits per heavy atom. The Labute approximate surface area is 170 Å². The summed E-state index contributed by atoms with van der Waals surface area (Å²) in [7, 11) is -0.138. The van der Waals surface area contributed by atoms with Crippen molar-refractivity contribution >= 4 is 33.3 Å². The van der Waals surface area contributed by atoms with Crippen LogP contribution in [0.2, 0.25) is 0 Å². The molecule has 29 heavy (non-hydrogen) atoms. The maximum Gasteiger partial charge on any atom is 0.355 e. The predicted octanol–water partition coefficient (Wildman–Crippen LogP) is 1.91. The van der Waals surface area contributed by atoms with Crippen LogP contribution in [-0.2, 0) is 19.6 Å². The van der Waals surface area contributed by atoms with E-state index < -0.39 is 28.5 Å². The molecule has 0 radical (unpaired) electrons. The molecule has 1 heterocycles. The summed E-state index contributed by atoms with van der Waals surface area (Å²) in [6, 6.07) is 7.71. The average Bonchev–Trinajstić information content (AvgIpc) is 3.21. The average molecular weight is 423 g/mol. The highest BCUT2D eigenvalue weighted by Gasteiger charge is 2.23. The van der Waals surface area contributed by atoms with Gasteiger partial charge in [-0.05, 0) is 30.3 Å². The number of esters is 1. The van der Waals surface area contributed by atoms with Crippen molar-refractivity contribution in [1.29, 1.82) is 0 Å². The lowest BCUT2D eigenvalue weighted by Crippen LogP contribution is -2.31. The molecule has 0 aliphatic rings. The number of amides is 1. The van der Waals surface area contributed by atoms with E-state index in [9.17, 15) is 18.0 Å². The number of aromatic nitrogens is 1. The highest BCUT2D eigenvalue weighted by Crippen LogP contribution is 2.29. The van der Waals surface area contributed by atoms with E-state index in [4.69, 9.17) is 4.74 Å². The molecule has 0 atom stereocenters. The number of hydrogen-bond acceptors (Lipinski definition) is 6. The van der Waals surface area contributed by atoms with Crippen molar-refractivity contribution in [2.24, 2.45) is 0 Å². The van der Waals surface area contributed by atoms with Gasteiger partial charge in [-0.3, -0.25) is 4.79 Å². The third kappa shape index (κ3) is 5.36. The fourth-order valence-corrected chi connectivity index (χ4v) is 4.22. The zero-order chi connectivity index (χ0) is 21.6. The van der Waals surface area contributed by atoms with Crippen molar-refractivity contribution in [1.82, 2.24) is 9.29 Å². The standard InChI is InChI=1S/C19H26N4O5S/c1-5-23(6-2)29(26,27)14-9-10-17(22(3)4)16(12-14)21-18(24)13-28-19(25)15-8-7-11-20-15/h7-12,20H,5-6,13H2,1-4H3,(H,21,24). The van der Waals surface area contributed by atoms with Crippen LogP contribution in [0.1, 0.15) is 24.3 Å². The molecule has 0 spiro atoms. The Bertz CT molecular complexity index is 951. The molecule has 158 valence electrons. The maximum atomic E-state index is 12.8. The van der Waals surface area contributed by atoms with Gasteiger partial charge in [0.2, 0.25) is 10.0 Å². The molecule has 2 N–H and O–H groups in total. The van der Waals surface area contributed by atoms with E-state index in [2.05, 4.69) is 10.3 Å². The second kappa shape index (κ2) is 9.57. The normalized spacial score (nSPS) is 11.3. The van der Waals surface area contributed by atoms with Gasteiger partial charge in [-0.2, -0.15) is 4.31 Å². The number of ether oxygens (including phenoxy) is 1. The number of H-pyrrole nitrogens is 1. The van der Waals surface area contributed by atoms with Gasteiger partial charge in [-0.1, -0.05) is 13.8 Å². The van der Waals surface area contributed by atoms with Crippen molar-refractivity contribution in [2.45, 2.75) is 18.7 Å². The van der Waals surface area contributed by atoms with Gasteiger partial charge in [0.05, 0.1) is 16.3 Å². The molecule has 2 aromatic rings. The molecule has 0 saturated heterocycles. The Hall–Kier alpha value is -2.85. The zero-order valence-corrected chi connectivity index (χ0v) is 17.7. The first-order valence-electron chi connectivity index (χ1n) is 9.12. The van der Waals surface area contributed by atoms with Crippen molar-refractivity contribution in [3.05, 3.63) is 42.2 Å². The first-order valence-corrected chi connectivity index (χ1v) is 10.6. The quantitative estimate of drug-likeness (QED) is 0.597. The van der Waals surface area contributed by atoms with Crippen molar-refractivity contribution in [2.75, 3.05) is 44.0 Å². The van der Waals surface area contributed by atoms with E-state index in [-0.39, 0.29) is 10.6 Å². The number of benzene rings is 1. The van der Waals surface area contributed by atoms with Gasteiger partial charge in [-0.25, -0.2) is 13.2 Å². The maximum absolute atomic E-state index is 12.8. The van der Waals surface area contributed by atoms with Crippen LogP contribution in [0, 0.1) is 0 Å². The van der Waals surface area contributed by atoms with Gasteiger partial charge >= 0.3 is 5.97 Å². The highest BCUT2D eigenvalue weighted by molar-refractivity contribution is 7.89. The summed E-state index contributed by atoms with van der Waals surface area (Å²) in [6.07, 6.45) is 1.57. The topological polar surface area (TPSA) is 112 Å². The van der Waals surface area contributed by atoms with Crippen LogP contribution >= 0.6 is 0 Å². The lowest BCUT2D eigenvalue weighted by Gasteiger charge is -2.22. The first kappa shape index (κ1) is 22.4. The summed E-state index contributed by atoms with van der Waals surface area (Å²) < 4.78 is 31.9. The molecule has 1 amide bonds. The number of sulfonamides is 1. The summed E-state index contributed by atoms with van der Waals surface area (Å²) in [5.74, 6) is -1.23. The lowest BCUT2D eigenvalue weighted by atomic mass is 10.2. The molecular weight excluding hydrogens is 396 g/mol. The van der Waals surface area contributed by atoms with Crippen molar-refractivity contribution in [3.63, 3.8) is 0 Å². The monoisotopic (exact) mass is 422 g/mol. The van der Waals surface area contributed by atoms with Gasteiger partial charge < -0.3 is 19.9 Å². The minimum Gasteiger partial charge on any atom is -0.451 e.